The molecule has 0 atom stereocenters. The second-order valence-corrected chi connectivity index (χ2v) is 5.77. The molecule has 0 radical (unpaired) electrons. The van der Waals surface area contributed by atoms with Gasteiger partial charge in [-0.15, -0.1) is 0 Å². The Hall–Kier alpha value is -1.49. The molecule has 1 spiro atoms. The predicted octanol–water partition coefficient (Wildman–Crippen LogP) is 1.97. The summed E-state index contributed by atoms with van der Waals surface area (Å²) in [4.78, 5) is 18.3. The minimum atomic E-state index is -0.526. The normalized spacial score (nSPS) is 21.9. The largest absolute Gasteiger partial charge is 0.330 e. The van der Waals surface area contributed by atoms with Crippen molar-refractivity contribution in [2.24, 2.45) is 0 Å². The number of hydrogen-bond acceptors (Lipinski definition) is 3. The number of halogens is 1. The van der Waals surface area contributed by atoms with Crippen LogP contribution in [0.3, 0.4) is 0 Å². The van der Waals surface area contributed by atoms with E-state index in [1.165, 1.54) is 18.7 Å². The first kappa shape index (κ1) is 13.5. The van der Waals surface area contributed by atoms with Crippen molar-refractivity contribution in [3.63, 3.8) is 0 Å². The fraction of sp³-hybridized carbons (Fsp3) is 0.600. The molecule has 1 aromatic heterocycles. The molecule has 108 valence electrons. The number of piperazine rings is 1. The Balaban J connectivity index is 1.90. The number of amides is 1. The summed E-state index contributed by atoms with van der Waals surface area (Å²) in [6, 6.07) is 1.48. The topological polar surface area (TPSA) is 45.2 Å². The molecule has 0 bridgehead atoms. The maximum Gasteiger partial charge on any atom is 0.257 e. The molecule has 1 aliphatic heterocycles. The second kappa shape index (κ2) is 5.48. The molecule has 5 heteroatoms. The molecule has 0 aromatic carbocycles. The third-order valence-electron chi connectivity index (χ3n) is 4.57. The summed E-state index contributed by atoms with van der Waals surface area (Å²) in [5, 5.41) is 3.40. The standard InChI is InChI=1S/C15H20FN3O/c16-13-10-17-7-4-12(13)14(20)19-9-8-18-11-15(19)5-2-1-3-6-15/h4,7,10,18H,1-3,5-6,8-9,11H2. The molecule has 3 rings (SSSR count). The lowest BCUT2D eigenvalue weighted by Gasteiger charge is -2.49. The number of hydrogen-bond donors (Lipinski definition) is 1. The summed E-state index contributed by atoms with van der Waals surface area (Å²) < 4.78 is 13.8. The van der Waals surface area contributed by atoms with Gasteiger partial charge in [-0.25, -0.2) is 4.39 Å². The molecule has 1 aliphatic carbocycles. The van der Waals surface area contributed by atoms with Crippen LogP contribution >= 0.6 is 0 Å². The summed E-state index contributed by atoms with van der Waals surface area (Å²) in [5.41, 5.74) is 0.0235. The first-order valence-corrected chi connectivity index (χ1v) is 7.35. The van der Waals surface area contributed by atoms with E-state index >= 15 is 0 Å². The van der Waals surface area contributed by atoms with Crippen molar-refractivity contribution in [2.45, 2.75) is 37.6 Å². The van der Waals surface area contributed by atoms with E-state index in [9.17, 15) is 9.18 Å². The van der Waals surface area contributed by atoms with Crippen LogP contribution in [0.4, 0.5) is 4.39 Å². The Labute approximate surface area is 118 Å². The summed E-state index contributed by atoms with van der Waals surface area (Å²) in [7, 11) is 0. The third kappa shape index (κ3) is 2.30. The van der Waals surface area contributed by atoms with Crippen molar-refractivity contribution < 1.29 is 9.18 Å². The highest BCUT2D eigenvalue weighted by Gasteiger charge is 2.42. The van der Waals surface area contributed by atoms with Crippen LogP contribution in [0.15, 0.2) is 18.5 Å². The van der Waals surface area contributed by atoms with Gasteiger partial charge in [0.2, 0.25) is 0 Å². The van der Waals surface area contributed by atoms with Gasteiger partial charge in [0.25, 0.3) is 5.91 Å². The first-order chi connectivity index (χ1) is 9.73. The van der Waals surface area contributed by atoms with Crippen molar-refractivity contribution in [1.29, 1.82) is 0 Å². The first-order valence-electron chi connectivity index (χ1n) is 7.35. The van der Waals surface area contributed by atoms with Gasteiger partial charge in [-0.3, -0.25) is 9.78 Å². The van der Waals surface area contributed by atoms with Gasteiger partial charge >= 0.3 is 0 Å². The summed E-state index contributed by atoms with van der Waals surface area (Å²) in [6.07, 6.45) is 8.13. The van der Waals surface area contributed by atoms with Crippen LogP contribution in [-0.4, -0.2) is 41.0 Å². The van der Waals surface area contributed by atoms with Gasteiger partial charge in [-0.2, -0.15) is 0 Å². The lowest BCUT2D eigenvalue weighted by Crippen LogP contribution is -2.63. The van der Waals surface area contributed by atoms with Crippen LogP contribution in [0.1, 0.15) is 42.5 Å². The molecule has 2 aliphatic rings. The minimum Gasteiger partial charge on any atom is -0.330 e. The third-order valence-corrected chi connectivity index (χ3v) is 4.57. The number of aromatic nitrogens is 1. The number of pyridine rings is 1. The van der Waals surface area contributed by atoms with Gasteiger partial charge in [0.15, 0.2) is 5.82 Å². The fourth-order valence-corrected chi connectivity index (χ4v) is 3.51. The van der Waals surface area contributed by atoms with Crippen LogP contribution in [0, 0.1) is 5.82 Å². The molecule has 1 amide bonds. The van der Waals surface area contributed by atoms with E-state index in [0.717, 1.165) is 45.0 Å². The van der Waals surface area contributed by atoms with Gasteiger partial charge in [0, 0.05) is 25.8 Å². The lowest BCUT2D eigenvalue weighted by molar-refractivity contribution is 0.0218. The molecule has 1 aromatic rings. The zero-order valence-corrected chi connectivity index (χ0v) is 11.6. The van der Waals surface area contributed by atoms with Crippen LogP contribution in [0.5, 0.6) is 0 Å². The highest BCUT2D eigenvalue weighted by molar-refractivity contribution is 5.95. The Kier molecular flexibility index (Phi) is 3.70. The SMILES string of the molecule is O=C(c1ccncc1F)N1CCNCC12CCCCC2. The van der Waals surface area contributed by atoms with Gasteiger partial charge in [0.05, 0.1) is 17.3 Å². The average molecular weight is 277 g/mol. The molecule has 1 saturated heterocycles. The molecule has 4 nitrogen and oxygen atoms in total. The maximum absolute atomic E-state index is 13.8. The van der Waals surface area contributed by atoms with E-state index in [1.54, 1.807) is 0 Å². The van der Waals surface area contributed by atoms with Crippen LogP contribution in [0.2, 0.25) is 0 Å². The average Bonchev–Trinajstić information content (AvgIpc) is 2.48. The summed E-state index contributed by atoms with van der Waals surface area (Å²) >= 11 is 0. The fourth-order valence-electron chi connectivity index (χ4n) is 3.51. The quantitative estimate of drug-likeness (QED) is 0.853. The van der Waals surface area contributed by atoms with Gasteiger partial charge in [0.1, 0.15) is 0 Å². The summed E-state index contributed by atoms with van der Waals surface area (Å²) in [6.45, 7) is 2.26. The second-order valence-electron chi connectivity index (χ2n) is 5.77. The Morgan fingerprint density at radius 3 is 2.90 bits per heavy atom. The van der Waals surface area contributed by atoms with E-state index in [4.69, 9.17) is 0 Å². The van der Waals surface area contributed by atoms with E-state index < -0.39 is 5.82 Å². The van der Waals surface area contributed by atoms with Crippen LogP contribution in [-0.2, 0) is 0 Å². The molecule has 2 fully saturated rings. The van der Waals surface area contributed by atoms with Crippen molar-refractivity contribution in [3.8, 4) is 0 Å². The predicted molar refractivity (Wildman–Crippen MR) is 73.9 cm³/mol. The maximum atomic E-state index is 13.8. The number of nitrogens with zero attached hydrogens (tertiary/aromatic N) is 2. The van der Waals surface area contributed by atoms with Gasteiger partial charge < -0.3 is 10.2 Å². The molecule has 2 heterocycles. The Bertz CT molecular complexity index is 491. The number of carbonyl (C=O) groups excluding carboxylic acids is 1. The molecule has 0 unspecified atom stereocenters. The lowest BCUT2D eigenvalue weighted by atomic mass is 9.78. The number of nitrogens with one attached hydrogen (secondary N) is 1. The smallest absolute Gasteiger partial charge is 0.257 e. The summed E-state index contributed by atoms with van der Waals surface area (Å²) in [5.74, 6) is -0.713. The monoisotopic (exact) mass is 277 g/mol. The van der Waals surface area contributed by atoms with Crippen molar-refractivity contribution in [1.82, 2.24) is 15.2 Å². The van der Waals surface area contributed by atoms with Crippen molar-refractivity contribution >= 4 is 5.91 Å². The van der Waals surface area contributed by atoms with Crippen LogP contribution in [0.25, 0.3) is 0 Å². The van der Waals surface area contributed by atoms with E-state index in [1.807, 2.05) is 4.90 Å². The van der Waals surface area contributed by atoms with Crippen LogP contribution < -0.4 is 5.32 Å². The molecule has 1 N–H and O–H groups in total. The number of carbonyl (C=O) groups is 1. The molecular weight excluding hydrogens is 257 g/mol. The Morgan fingerprint density at radius 2 is 2.15 bits per heavy atom. The molecule has 1 saturated carbocycles. The Morgan fingerprint density at radius 1 is 1.35 bits per heavy atom. The molecule has 20 heavy (non-hydrogen) atoms. The van der Waals surface area contributed by atoms with Gasteiger partial charge in [-0.1, -0.05) is 19.3 Å². The highest BCUT2D eigenvalue weighted by Crippen LogP contribution is 2.35. The zero-order chi connectivity index (χ0) is 14.0. The van der Waals surface area contributed by atoms with E-state index in [0.29, 0.717) is 6.54 Å². The van der Waals surface area contributed by atoms with Crippen molar-refractivity contribution in [3.05, 3.63) is 29.8 Å². The van der Waals surface area contributed by atoms with Gasteiger partial charge in [-0.05, 0) is 18.9 Å². The molecular formula is C15H20FN3O. The highest BCUT2D eigenvalue weighted by atomic mass is 19.1. The van der Waals surface area contributed by atoms with Crippen molar-refractivity contribution in [2.75, 3.05) is 19.6 Å². The minimum absolute atomic E-state index is 0.122. The van der Waals surface area contributed by atoms with E-state index in [2.05, 4.69) is 10.3 Å². The zero-order valence-electron chi connectivity index (χ0n) is 11.6. The number of rotatable bonds is 1. The van der Waals surface area contributed by atoms with E-state index in [-0.39, 0.29) is 17.0 Å².